The highest BCUT2D eigenvalue weighted by Gasteiger charge is 2.41. The Hall–Kier alpha value is -1.09. The Kier molecular flexibility index (Phi) is 2.91. The predicted octanol–water partition coefficient (Wildman–Crippen LogP) is 2.24. The summed E-state index contributed by atoms with van der Waals surface area (Å²) in [5.41, 5.74) is 1.28. The average molecular weight is 208 g/mol. The fourth-order valence-electron chi connectivity index (χ4n) is 1.86. The maximum absolute atomic E-state index is 12.9. The highest BCUT2D eigenvalue weighted by atomic mass is 19.1. The van der Waals surface area contributed by atoms with E-state index < -0.39 is 0 Å². The van der Waals surface area contributed by atoms with Gasteiger partial charge in [-0.3, -0.25) is 0 Å². The maximum atomic E-state index is 12.9. The van der Waals surface area contributed by atoms with Gasteiger partial charge < -0.3 is 10.6 Å². The molecule has 1 aliphatic carbocycles. The summed E-state index contributed by atoms with van der Waals surface area (Å²) < 4.78 is 12.9. The SMILES string of the molecule is CNCC1(CNc2cccc(F)c2)CC1. The molecule has 1 aliphatic rings. The van der Waals surface area contributed by atoms with Crippen LogP contribution >= 0.6 is 0 Å². The normalized spacial score (nSPS) is 17.5. The molecule has 0 aliphatic heterocycles. The van der Waals surface area contributed by atoms with Crippen LogP contribution in [0.15, 0.2) is 24.3 Å². The van der Waals surface area contributed by atoms with Crippen molar-refractivity contribution in [3.63, 3.8) is 0 Å². The molecule has 0 atom stereocenters. The lowest BCUT2D eigenvalue weighted by Gasteiger charge is -2.16. The zero-order chi connectivity index (χ0) is 10.7. The average Bonchev–Trinajstić information content (AvgIpc) is 2.97. The Morgan fingerprint density at radius 2 is 2.13 bits per heavy atom. The number of hydrogen-bond acceptors (Lipinski definition) is 2. The highest BCUT2D eigenvalue weighted by Crippen LogP contribution is 2.44. The van der Waals surface area contributed by atoms with Crippen molar-refractivity contribution in [2.45, 2.75) is 12.8 Å². The van der Waals surface area contributed by atoms with Gasteiger partial charge in [0.05, 0.1) is 0 Å². The summed E-state index contributed by atoms with van der Waals surface area (Å²) in [7, 11) is 1.97. The van der Waals surface area contributed by atoms with Crippen molar-refractivity contribution in [3.05, 3.63) is 30.1 Å². The zero-order valence-corrected chi connectivity index (χ0v) is 9.02. The van der Waals surface area contributed by atoms with E-state index in [0.717, 1.165) is 18.8 Å². The summed E-state index contributed by atoms with van der Waals surface area (Å²) in [6.07, 6.45) is 2.52. The van der Waals surface area contributed by atoms with Crippen LogP contribution in [-0.4, -0.2) is 20.1 Å². The molecule has 2 nitrogen and oxygen atoms in total. The Bertz CT molecular complexity index is 334. The molecule has 3 heteroatoms. The minimum Gasteiger partial charge on any atom is -0.384 e. The quantitative estimate of drug-likeness (QED) is 0.775. The van der Waals surface area contributed by atoms with Crippen LogP contribution in [0.4, 0.5) is 10.1 Å². The van der Waals surface area contributed by atoms with Gasteiger partial charge in [0, 0.05) is 24.2 Å². The van der Waals surface area contributed by atoms with Crippen molar-refractivity contribution in [1.82, 2.24) is 5.32 Å². The first kappa shape index (κ1) is 10.4. The summed E-state index contributed by atoms with van der Waals surface area (Å²) in [4.78, 5) is 0. The molecule has 2 N–H and O–H groups in total. The molecule has 1 saturated carbocycles. The molecular formula is C12H17FN2. The van der Waals surface area contributed by atoms with Gasteiger partial charge in [0.2, 0.25) is 0 Å². The third-order valence-electron chi connectivity index (χ3n) is 3.00. The molecule has 1 fully saturated rings. The van der Waals surface area contributed by atoms with Gasteiger partial charge in [-0.25, -0.2) is 4.39 Å². The first-order valence-electron chi connectivity index (χ1n) is 5.38. The third-order valence-corrected chi connectivity index (χ3v) is 3.00. The van der Waals surface area contributed by atoms with Crippen molar-refractivity contribution in [2.24, 2.45) is 5.41 Å². The van der Waals surface area contributed by atoms with E-state index in [1.54, 1.807) is 6.07 Å². The molecule has 0 radical (unpaired) electrons. The number of nitrogens with one attached hydrogen (secondary N) is 2. The first-order chi connectivity index (χ1) is 7.24. The molecule has 2 rings (SSSR count). The van der Waals surface area contributed by atoms with Gasteiger partial charge in [-0.15, -0.1) is 0 Å². The molecule has 0 amide bonds. The Balaban J connectivity index is 1.88. The summed E-state index contributed by atoms with van der Waals surface area (Å²) in [6, 6.07) is 6.63. The highest BCUT2D eigenvalue weighted by molar-refractivity contribution is 5.43. The lowest BCUT2D eigenvalue weighted by Crippen LogP contribution is -2.26. The van der Waals surface area contributed by atoms with Crippen LogP contribution in [0.3, 0.4) is 0 Å². The van der Waals surface area contributed by atoms with Crippen LogP contribution in [0.25, 0.3) is 0 Å². The minimum absolute atomic E-state index is 0.182. The maximum Gasteiger partial charge on any atom is 0.125 e. The molecule has 0 aromatic heterocycles. The molecule has 0 bridgehead atoms. The van der Waals surface area contributed by atoms with E-state index in [0.29, 0.717) is 5.41 Å². The molecule has 82 valence electrons. The number of halogens is 1. The van der Waals surface area contributed by atoms with Gasteiger partial charge in [-0.05, 0) is 38.1 Å². The van der Waals surface area contributed by atoms with Crippen LogP contribution in [-0.2, 0) is 0 Å². The van der Waals surface area contributed by atoms with E-state index in [1.165, 1.54) is 25.0 Å². The second-order valence-corrected chi connectivity index (χ2v) is 4.39. The molecule has 1 aromatic rings. The van der Waals surface area contributed by atoms with Crippen molar-refractivity contribution < 1.29 is 4.39 Å². The standard InChI is InChI=1S/C12H17FN2/c1-14-8-12(5-6-12)9-15-11-4-2-3-10(13)7-11/h2-4,7,14-15H,5-6,8-9H2,1H3. The van der Waals surface area contributed by atoms with Crippen molar-refractivity contribution >= 4 is 5.69 Å². The summed E-state index contributed by atoms with van der Waals surface area (Å²) in [5, 5.41) is 6.50. The fourth-order valence-corrected chi connectivity index (χ4v) is 1.86. The zero-order valence-electron chi connectivity index (χ0n) is 9.02. The van der Waals surface area contributed by atoms with Gasteiger partial charge in [-0.2, -0.15) is 0 Å². The third kappa shape index (κ3) is 2.69. The van der Waals surface area contributed by atoms with E-state index in [4.69, 9.17) is 0 Å². The van der Waals surface area contributed by atoms with Crippen LogP contribution in [0.1, 0.15) is 12.8 Å². The number of anilines is 1. The van der Waals surface area contributed by atoms with Crippen LogP contribution in [0.2, 0.25) is 0 Å². The van der Waals surface area contributed by atoms with Gasteiger partial charge in [-0.1, -0.05) is 6.07 Å². The first-order valence-corrected chi connectivity index (χ1v) is 5.38. The summed E-state index contributed by atoms with van der Waals surface area (Å²) >= 11 is 0. The summed E-state index contributed by atoms with van der Waals surface area (Å²) in [5.74, 6) is -0.182. The second-order valence-electron chi connectivity index (χ2n) is 4.39. The molecule has 0 unspecified atom stereocenters. The Morgan fingerprint density at radius 1 is 1.33 bits per heavy atom. The number of rotatable bonds is 5. The van der Waals surface area contributed by atoms with E-state index in [9.17, 15) is 4.39 Å². The van der Waals surface area contributed by atoms with Crippen molar-refractivity contribution in [3.8, 4) is 0 Å². The van der Waals surface area contributed by atoms with E-state index >= 15 is 0 Å². The Morgan fingerprint density at radius 3 is 2.73 bits per heavy atom. The van der Waals surface area contributed by atoms with Crippen LogP contribution in [0.5, 0.6) is 0 Å². The van der Waals surface area contributed by atoms with Gasteiger partial charge in [0.1, 0.15) is 5.82 Å². The smallest absolute Gasteiger partial charge is 0.125 e. The molecule has 1 aromatic carbocycles. The molecule has 15 heavy (non-hydrogen) atoms. The molecular weight excluding hydrogens is 191 g/mol. The van der Waals surface area contributed by atoms with Gasteiger partial charge in [0.25, 0.3) is 0 Å². The molecule has 0 saturated heterocycles. The van der Waals surface area contributed by atoms with Crippen molar-refractivity contribution in [2.75, 3.05) is 25.5 Å². The van der Waals surface area contributed by atoms with Crippen molar-refractivity contribution in [1.29, 1.82) is 0 Å². The summed E-state index contributed by atoms with van der Waals surface area (Å²) in [6.45, 7) is 1.96. The van der Waals surface area contributed by atoms with Gasteiger partial charge >= 0.3 is 0 Å². The number of hydrogen-bond donors (Lipinski definition) is 2. The monoisotopic (exact) mass is 208 g/mol. The lowest BCUT2D eigenvalue weighted by molar-refractivity contribution is 0.507. The van der Waals surface area contributed by atoms with Crippen LogP contribution in [0, 0.1) is 11.2 Å². The molecule has 0 spiro atoms. The topological polar surface area (TPSA) is 24.1 Å². The van der Waals surface area contributed by atoms with E-state index in [1.807, 2.05) is 13.1 Å². The molecule has 0 heterocycles. The second kappa shape index (κ2) is 4.19. The Labute approximate surface area is 89.9 Å². The van der Waals surface area contributed by atoms with Crippen LogP contribution < -0.4 is 10.6 Å². The predicted molar refractivity (Wildman–Crippen MR) is 60.5 cm³/mol. The number of benzene rings is 1. The fraction of sp³-hybridized carbons (Fsp3) is 0.500. The minimum atomic E-state index is -0.182. The lowest BCUT2D eigenvalue weighted by atomic mass is 10.1. The van der Waals surface area contributed by atoms with E-state index in [-0.39, 0.29) is 5.82 Å². The van der Waals surface area contributed by atoms with E-state index in [2.05, 4.69) is 10.6 Å². The largest absolute Gasteiger partial charge is 0.384 e. The van der Waals surface area contributed by atoms with Gasteiger partial charge in [0.15, 0.2) is 0 Å².